The summed E-state index contributed by atoms with van der Waals surface area (Å²) in [6.45, 7) is 3.39. The molecule has 1 fully saturated rings. The summed E-state index contributed by atoms with van der Waals surface area (Å²) in [6.07, 6.45) is 3.51. The summed E-state index contributed by atoms with van der Waals surface area (Å²) in [6, 6.07) is 11.6. The maximum absolute atomic E-state index is 13.8. The van der Waals surface area contributed by atoms with Gasteiger partial charge >= 0.3 is 0 Å². The molecule has 0 saturated carbocycles. The van der Waals surface area contributed by atoms with Crippen LogP contribution in [-0.4, -0.2) is 48.0 Å². The van der Waals surface area contributed by atoms with Gasteiger partial charge in [0.1, 0.15) is 17.9 Å². The summed E-state index contributed by atoms with van der Waals surface area (Å²) >= 11 is 0. The molecule has 0 bridgehead atoms. The van der Waals surface area contributed by atoms with Crippen LogP contribution in [-0.2, 0) is 20.1 Å². The molecule has 1 aliphatic rings. The number of fused-ring (bicyclic) bond motifs is 1. The van der Waals surface area contributed by atoms with Crippen LogP contribution in [0.1, 0.15) is 25.6 Å². The number of nitrogens with zero attached hydrogens (tertiary/aromatic N) is 7. The minimum absolute atomic E-state index is 0.0119. The zero-order chi connectivity index (χ0) is 25.2. The molecule has 0 amide bonds. The van der Waals surface area contributed by atoms with Gasteiger partial charge in [0.2, 0.25) is 5.95 Å². The highest BCUT2D eigenvalue weighted by Gasteiger charge is 2.26. The molecule has 0 aliphatic carbocycles. The second-order valence-corrected chi connectivity index (χ2v) is 8.89. The Morgan fingerprint density at radius 2 is 1.92 bits per heavy atom. The van der Waals surface area contributed by atoms with E-state index in [0.717, 1.165) is 30.6 Å². The van der Waals surface area contributed by atoms with Gasteiger partial charge in [-0.2, -0.15) is 0 Å². The SMILES string of the molecule is CC#CCn1c(N2CCCC(N)C2)nc2c(=O)n(C)n(Cc3nccc(-c4ccccc4)n3)c(=O)c21. The fraction of sp³-hybridized carbons (Fsp3) is 0.346. The van der Waals surface area contributed by atoms with Crippen molar-refractivity contribution >= 4 is 17.0 Å². The Balaban J connectivity index is 1.63. The van der Waals surface area contributed by atoms with Gasteiger partial charge in [0.25, 0.3) is 11.1 Å². The van der Waals surface area contributed by atoms with Crippen molar-refractivity contribution in [2.75, 3.05) is 18.0 Å². The standard InChI is InChI=1S/C26H28N8O2/c1-3-4-15-33-23-22(30-26(33)32-14-8-11-19(27)16-32)24(35)31(2)34(25(23)36)17-21-28-13-12-20(29-21)18-9-6-5-7-10-18/h5-7,9-10,12-13,19H,8,11,14-17,27H2,1-2H3. The van der Waals surface area contributed by atoms with E-state index in [-0.39, 0.29) is 41.3 Å². The molecule has 1 aromatic carbocycles. The van der Waals surface area contributed by atoms with E-state index in [0.29, 0.717) is 18.3 Å². The zero-order valence-electron chi connectivity index (χ0n) is 20.4. The van der Waals surface area contributed by atoms with Crippen molar-refractivity contribution < 1.29 is 0 Å². The molecular formula is C26H28N8O2. The minimum Gasteiger partial charge on any atom is -0.341 e. The third kappa shape index (κ3) is 4.29. The third-order valence-electron chi connectivity index (χ3n) is 6.46. The summed E-state index contributed by atoms with van der Waals surface area (Å²) in [5.74, 6) is 6.88. The lowest BCUT2D eigenvalue weighted by Gasteiger charge is -2.31. The monoisotopic (exact) mass is 484 g/mol. The Morgan fingerprint density at radius 3 is 2.67 bits per heavy atom. The van der Waals surface area contributed by atoms with Crippen LogP contribution in [0.5, 0.6) is 0 Å². The van der Waals surface area contributed by atoms with Gasteiger partial charge in [0.05, 0.1) is 12.2 Å². The molecule has 1 atom stereocenters. The summed E-state index contributed by atoms with van der Waals surface area (Å²) in [5.41, 5.74) is 7.53. The molecule has 1 unspecified atom stereocenters. The third-order valence-corrected chi connectivity index (χ3v) is 6.46. The lowest BCUT2D eigenvalue weighted by molar-refractivity contribution is 0.490. The number of aromatic nitrogens is 6. The van der Waals surface area contributed by atoms with Crippen LogP contribution in [0.15, 0.2) is 52.2 Å². The van der Waals surface area contributed by atoms with Gasteiger partial charge in [0, 0.05) is 37.9 Å². The normalized spacial score (nSPS) is 15.6. The van der Waals surface area contributed by atoms with Gasteiger partial charge in [-0.05, 0) is 25.8 Å². The maximum atomic E-state index is 13.8. The molecule has 10 nitrogen and oxygen atoms in total. The van der Waals surface area contributed by atoms with Gasteiger partial charge in [-0.25, -0.2) is 24.3 Å². The molecule has 184 valence electrons. The summed E-state index contributed by atoms with van der Waals surface area (Å²) in [5, 5.41) is 0. The highest BCUT2D eigenvalue weighted by Crippen LogP contribution is 2.22. The van der Waals surface area contributed by atoms with Gasteiger partial charge in [-0.1, -0.05) is 36.3 Å². The molecule has 4 aromatic rings. The van der Waals surface area contributed by atoms with Gasteiger partial charge in [-0.3, -0.25) is 14.2 Å². The van der Waals surface area contributed by atoms with Crippen LogP contribution in [0, 0.1) is 11.8 Å². The molecule has 3 aromatic heterocycles. The van der Waals surface area contributed by atoms with Crippen molar-refractivity contribution in [3.8, 4) is 23.1 Å². The Morgan fingerprint density at radius 1 is 1.11 bits per heavy atom. The first-order chi connectivity index (χ1) is 17.5. The van der Waals surface area contributed by atoms with Crippen LogP contribution in [0.25, 0.3) is 22.3 Å². The Kier molecular flexibility index (Phi) is 6.40. The summed E-state index contributed by atoms with van der Waals surface area (Å²) < 4.78 is 4.39. The number of nitrogens with two attached hydrogens (primary N) is 1. The molecule has 36 heavy (non-hydrogen) atoms. The van der Waals surface area contributed by atoms with E-state index in [1.165, 1.54) is 9.36 Å². The summed E-state index contributed by atoms with van der Waals surface area (Å²) in [7, 11) is 1.56. The van der Waals surface area contributed by atoms with Crippen molar-refractivity contribution in [1.29, 1.82) is 0 Å². The Bertz CT molecular complexity index is 1590. The average molecular weight is 485 g/mol. The first-order valence-corrected chi connectivity index (χ1v) is 12.0. The number of rotatable bonds is 5. The molecular weight excluding hydrogens is 456 g/mol. The number of hydrogen-bond donors (Lipinski definition) is 1. The van der Waals surface area contributed by atoms with Crippen LogP contribution >= 0.6 is 0 Å². The van der Waals surface area contributed by atoms with E-state index in [9.17, 15) is 9.59 Å². The van der Waals surface area contributed by atoms with Crippen LogP contribution in [0.2, 0.25) is 0 Å². The van der Waals surface area contributed by atoms with Crippen LogP contribution in [0.3, 0.4) is 0 Å². The zero-order valence-corrected chi connectivity index (χ0v) is 20.4. The van der Waals surface area contributed by atoms with Gasteiger partial charge in [0.15, 0.2) is 5.52 Å². The van der Waals surface area contributed by atoms with E-state index >= 15 is 0 Å². The van der Waals surface area contributed by atoms with E-state index in [4.69, 9.17) is 5.73 Å². The van der Waals surface area contributed by atoms with E-state index in [2.05, 4.69) is 26.8 Å². The lowest BCUT2D eigenvalue weighted by atomic mass is 10.1. The average Bonchev–Trinajstić information content (AvgIpc) is 3.29. The molecule has 1 aliphatic heterocycles. The van der Waals surface area contributed by atoms with E-state index < -0.39 is 0 Å². The quantitative estimate of drug-likeness (QED) is 0.425. The molecule has 0 spiro atoms. The Labute approximate surface area is 208 Å². The van der Waals surface area contributed by atoms with Crippen molar-refractivity contribution in [3.05, 3.63) is 69.1 Å². The highest BCUT2D eigenvalue weighted by atomic mass is 16.2. The first kappa shape index (κ1) is 23.5. The van der Waals surface area contributed by atoms with Crippen molar-refractivity contribution in [1.82, 2.24) is 28.9 Å². The number of hydrogen-bond acceptors (Lipinski definition) is 7. The fourth-order valence-corrected chi connectivity index (χ4v) is 4.63. The predicted octanol–water partition coefficient (Wildman–Crippen LogP) is 1.35. The number of imidazole rings is 1. The molecule has 1 saturated heterocycles. The second kappa shape index (κ2) is 9.79. The van der Waals surface area contributed by atoms with Crippen LogP contribution in [0.4, 0.5) is 5.95 Å². The number of benzene rings is 1. The number of anilines is 1. The molecule has 0 radical (unpaired) electrons. The molecule has 4 heterocycles. The topological polar surface area (TPSA) is 117 Å². The maximum Gasteiger partial charge on any atom is 0.293 e. The highest BCUT2D eigenvalue weighted by molar-refractivity contribution is 5.77. The minimum atomic E-state index is -0.366. The van der Waals surface area contributed by atoms with E-state index in [1.807, 2.05) is 41.3 Å². The smallest absolute Gasteiger partial charge is 0.293 e. The summed E-state index contributed by atoms with van der Waals surface area (Å²) in [4.78, 5) is 42.8. The second-order valence-electron chi connectivity index (χ2n) is 8.89. The van der Waals surface area contributed by atoms with Crippen molar-refractivity contribution in [3.63, 3.8) is 0 Å². The predicted molar refractivity (Wildman–Crippen MR) is 139 cm³/mol. The first-order valence-electron chi connectivity index (χ1n) is 12.0. The number of piperidine rings is 1. The van der Waals surface area contributed by atoms with Crippen molar-refractivity contribution in [2.45, 2.75) is 38.9 Å². The van der Waals surface area contributed by atoms with E-state index in [1.54, 1.807) is 24.7 Å². The lowest BCUT2D eigenvalue weighted by Crippen LogP contribution is -2.44. The molecule has 10 heteroatoms. The fourth-order valence-electron chi connectivity index (χ4n) is 4.63. The van der Waals surface area contributed by atoms with Crippen LogP contribution < -0.4 is 21.8 Å². The molecule has 5 rings (SSSR count). The van der Waals surface area contributed by atoms with Gasteiger partial charge in [-0.15, -0.1) is 5.92 Å². The molecule has 2 N–H and O–H groups in total. The van der Waals surface area contributed by atoms with Gasteiger partial charge < -0.3 is 10.6 Å². The van der Waals surface area contributed by atoms with Crippen molar-refractivity contribution in [2.24, 2.45) is 12.8 Å². The largest absolute Gasteiger partial charge is 0.341 e. The Hall–Kier alpha value is -4.23.